The highest BCUT2D eigenvalue weighted by molar-refractivity contribution is 6.32. The van der Waals surface area contributed by atoms with Crippen LogP contribution in [0, 0.1) is 0 Å². The summed E-state index contributed by atoms with van der Waals surface area (Å²) in [6.45, 7) is 1.89. The van der Waals surface area contributed by atoms with Gasteiger partial charge in [-0.15, -0.1) is 0 Å². The molecule has 0 spiro atoms. The summed E-state index contributed by atoms with van der Waals surface area (Å²) >= 11 is 6.24. The van der Waals surface area contributed by atoms with Crippen LogP contribution < -0.4 is 14.8 Å². The first-order valence-electron chi connectivity index (χ1n) is 6.40. The highest BCUT2D eigenvalue weighted by atomic mass is 35.5. The molecule has 2 aromatic rings. The van der Waals surface area contributed by atoms with E-state index in [1.165, 1.54) is 6.33 Å². The predicted octanol–water partition coefficient (Wildman–Crippen LogP) is 2.90. The van der Waals surface area contributed by atoms with Crippen molar-refractivity contribution in [3.05, 3.63) is 41.4 Å². The van der Waals surface area contributed by atoms with E-state index >= 15 is 0 Å². The molecule has 20 heavy (non-hydrogen) atoms. The molecule has 0 amide bonds. The number of nitrogens with zero attached hydrogens (tertiary/aromatic N) is 2. The molecule has 1 N–H and O–H groups in total. The van der Waals surface area contributed by atoms with E-state index in [1.54, 1.807) is 12.4 Å². The van der Waals surface area contributed by atoms with Crippen LogP contribution in [0.3, 0.4) is 0 Å². The molecule has 5 nitrogen and oxygen atoms in total. The molecule has 1 aliphatic heterocycles. The van der Waals surface area contributed by atoms with Crippen LogP contribution in [0.25, 0.3) is 0 Å². The van der Waals surface area contributed by atoms with Crippen molar-refractivity contribution in [2.24, 2.45) is 0 Å². The molecule has 0 saturated carbocycles. The van der Waals surface area contributed by atoms with Gasteiger partial charge in [0.05, 0.1) is 36.3 Å². The third kappa shape index (κ3) is 2.93. The van der Waals surface area contributed by atoms with Gasteiger partial charge in [-0.25, -0.2) is 9.97 Å². The molecule has 104 valence electrons. The molecule has 2 heterocycles. The van der Waals surface area contributed by atoms with Gasteiger partial charge in [0.2, 0.25) is 0 Å². The van der Waals surface area contributed by atoms with Crippen molar-refractivity contribution in [1.82, 2.24) is 9.97 Å². The Balaban J connectivity index is 1.77. The van der Waals surface area contributed by atoms with E-state index in [9.17, 15) is 0 Å². The first-order chi connectivity index (χ1) is 9.83. The monoisotopic (exact) mass is 291 g/mol. The minimum Gasteiger partial charge on any atom is -0.489 e. The van der Waals surface area contributed by atoms with Gasteiger partial charge < -0.3 is 14.8 Å². The van der Waals surface area contributed by atoms with E-state index in [0.717, 1.165) is 17.7 Å². The molecule has 0 radical (unpaired) electrons. The van der Waals surface area contributed by atoms with Crippen molar-refractivity contribution in [1.29, 1.82) is 0 Å². The minimum atomic E-state index is 0.575. The fraction of sp³-hybridized carbons (Fsp3) is 0.286. The molecule has 0 bridgehead atoms. The maximum atomic E-state index is 6.24. The Morgan fingerprint density at radius 1 is 1.15 bits per heavy atom. The van der Waals surface area contributed by atoms with E-state index in [0.29, 0.717) is 36.3 Å². The van der Waals surface area contributed by atoms with E-state index < -0.39 is 0 Å². The largest absolute Gasteiger partial charge is 0.489 e. The Morgan fingerprint density at radius 2 is 1.95 bits per heavy atom. The standard InChI is InChI=1S/C14H14ClN3O2/c15-12-4-10(6-18-11-7-16-9-17-8-11)5-13-14(12)20-3-1-2-19-13/h4-5,7-9,18H,1-3,6H2. The Hall–Kier alpha value is -2.01. The van der Waals surface area contributed by atoms with E-state index in [1.807, 2.05) is 12.1 Å². The molecule has 3 rings (SSSR count). The quantitative estimate of drug-likeness (QED) is 0.942. The zero-order chi connectivity index (χ0) is 13.8. The lowest BCUT2D eigenvalue weighted by Crippen LogP contribution is -2.01. The first-order valence-corrected chi connectivity index (χ1v) is 6.77. The molecule has 0 fully saturated rings. The number of anilines is 1. The number of fused-ring (bicyclic) bond motifs is 1. The summed E-state index contributed by atoms with van der Waals surface area (Å²) in [6.07, 6.45) is 5.80. The second-order valence-corrected chi connectivity index (χ2v) is 4.84. The molecule has 1 aliphatic rings. The Labute approximate surface area is 121 Å². The molecule has 1 aromatic carbocycles. The summed E-state index contributed by atoms with van der Waals surface area (Å²) in [4.78, 5) is 7.91. The molecule has 0 aliphatic carbocycles. The van der Waals surface area contributed by atoms with Crippen LogP contribution in [0.5, 0.6) is 11.5 Å². The minimum absolute atomic E-state index is 0.575. The summed E-state index contributed by atoms with van der Waals surface area (Å²) in [5, 5.41) is 3.81. The van der Waals surface area contributed by atoms with Gasteiger partial charge in [0.25, 0.3) is 0 Å². The van der Waals surface area contributed by atoms with E-state index in [4.69, 9.17) is 21.1 Å². The highest BCUT2D eigenvalue weighted by Gasteiger charge is 2.15. The highest BCUT2D eigenvalue weighted by Crippen LogP contribution is 2.38. The molecule has 6 heteroatoms. The zero-order valence-corrected chi connectivity index (χ0v) is 11.6. The SMILES string of the molecule is Clc1cc(CNc2cncnc2)cc2c1OCCCO2. The van der Waals surface area contributed by atoms with Crippen molar-refractivity contribution >= 4 is 17.3 Å². The molecule has 0 unspecified atom stereocenters. The predicted molar refractivity (Wildman–Crippen MR) is 76.4 cm³/mol. The Bertz CT molecular complexity index is 592. The lowest BCUT2D eigenvalue weighted by atomic mass is 10.2. The molecular weight excluding hydrogens is 278 g/mol. The molecular formula is C14H14ClN3O2. The van der Waals surface area contributed by atoms with Gasteiger partial charge in [0.15, 0.2) is 11.5 Å². The number of nitrogens with one attached hydrogen (secondary N) is 1. The Kier molecular flexibility index (Phi) is 3.87. The maximum absolute atomic E-state index is 6.24. The lowest BCUT2D eigenvalue weighted by molar-refractivity contribution is 0.297. The van der Waals surface area contributed by atoms with Gasteiger partial charge in [0, 0.05) is 13.0 Å². The van der Waals surface area contributed by atoms with Crippen LogP contribution >= 0.6 is 11.6 Å². The van der Waals surface area contributed by atoms with Crippen molar-refractivity contribution in [3.8, 4) is 11.5 Å². The van der Waals surface area contributed by atoms with Crippen LogP contribution in [0.15, 0.2) is 30.9 Å². The third-order valence-corrected chi connectivity index (χ3v) is 3.20. The molecule has 0 atom stereocenters. The maximum Gasteiger partial charge on any atom is 0.179 e. The fourth-order valence-electron chi connectivity index (χ4n) is 1.98. The van der Waals surface area contributed by atoms with Gasteiger partial charge >= 0.3 is 0 Å². The van der Waals surface area contributed by atoms with Gasteiger partial charge in [-0.1, -0.05) is 11.6 Å². The van der Waals surface area contributed by atoms with Crippen molar-refractivity contribution in [2.75, 3.05) is 18.5 Å². The summed E-state index contributed by atoms with van der Waals surface area (Å²) in [7, 11) is 0. The number of rotatable bonds is 3. The summed E-state index contributed by atoms with van der Waals surface area (Å²) < 4.78 is 11.3. The second-order valence-electron chi connectivity index (χ2n) is 4.44. The average molecular weight is 292 g/mol. The molecule has 1 aromatic heterocycles. The second kappa shape index (κ2) is 5.96. The van der Waals surface area contributed by atoms with Crippen molar-refractivity contribution < 1.29 is 9.47 Å². The number of ether oxygens (including phenoxy) is 2. The summed E-state index contributed by atoms with van der Waals surface area (Å²) in [5.41, 5.74) is 1.87. The van der Waals surface area contributed by atoms with Gasteiger partial charge in [-0.05, 0) is 17.7 Å². The number of hydrogen-bond acceptors (Lipinski definition) is 5. The van der Waals surface area contributed by atoms with Gasteiger partial charge in [-0.2, -0.15) is 0 Å². The van der Waals surface area contributed by atoms with Crippen molar-refractivity contribution in [3.63, 3.8) is 0 Å². The number of halogens is 1. The van der Waals surface area contributed by atoms with Crippen LogP contribution in [0.4, 0.5) is 5.69 Å². The van der Waals surface area contributed by atoms with E-state index in [-0.39, 0.29) is 0 Å². The Morgan fingerprint density at radius 3 is 2.80 bits per heavy atom. The molecule has 0 saturated heterocycles. The van der Waals surface area contributed by atoms with Crippen LogP contribution in [-0.4, -0.2) is 23.2 Å². The topological polar surface area (TPSA) is 56.3 Å². The third-order valence-electron chi connectivity index (χ3n) is 2.92. The summed E-state index contributed by atoms with van der Waals surface area (Å²) in [5.74, 6) is 1.34. The van der Waals surface area contributed by atoms with Gasteiger partial charge in [-0.3, -0.25) is 0 Å². The van der Waals surface area contributed by atoms with Crippen molar-refractivity contribution in [2.45, 2.75) is 13.0 Å². The number of benzene rings is 1. The smallest absolute Gasteiger partial charge is 0.179 e. The lowest BCUT2D eigenvalue weighted by Gasteiger charge is -2.12. The van der Waals surface area contributed by atoms with Gasteiger partial charge in [0.1, 0.15) is 6.33 Å². The van der Waals surface area contributed by atoms with E-state index in [2.05, 4.69) is 15.3 Å². The van der Waals surface area contributed by atoms with Crippen LogP contribution in [-0.2, 0) is 6.54 Å². The summed E-state index contributed by atoms with van der Waals surface area (Å²) in [6, 6.07) is 3.83. The first kappa shape index (κ1) is 13.0. The number of aromatic nitrogens is 2. The normalized spacial score (nSPS) is 13.7. The number of hydrogen-bond donors (Lipinski definition) is 1. The fourth-order valence-corrected chi connectivity index (χ4v) is 2.27. The van der Waals surface area contributed by atoms with Crippen LogP contribution in [0.2, 0.25) is 5.02 Å². The average Bonchev–Trinajstić information content (AvgIpc) is 2.72. The zero-order valence-electron chi connectivity index (χ0n) is 10.8. The van der Waals surface area contributed by atoms with Crippen LogP contribution in [0.1, 0.15) is 12.0 Å².